The van der Waals surface area contributed by atoms with Gasteiger partial charge in [0, 0.05) is 13.1 Å². The lowest BCUT2D eigenvalue weighted by molar-refractivity contribution is 0.170. The Hall–Kier alpha value is -1.59. The van der Waals surface area contributed by atoms with Crippen LogP contribution in [-0.4, -0.2) is 13.2 Å². The van der Waals surface area contributed by atoms with Gasteiger partial charge in [-0.1, -0.05) is 12.1 Å². The fraction of sp³-hybridized carbons (Fsp3) is 0.250. The van der Waals surface area contributed by atoms with Gasteiger partial charge in [0.25, 0.3) is 0 Å². The Kier molecular flexibility index (Phi) is 4.41. The van der Waals surface area contributed by atoms with E-state index in [1.807, 2.05) is 12.1 Å². The Balaban J connectivity index is 1.63. The van der Waals surface area contributed by atoms with Gasteiger partial charge in [0.05, 0.1) is 4.47 Å². The third-order valence-corrected chi connectivity index (χ3v) is 3.82. The molecule has 1 aliphatic rings. The van der Waals surface area contributed by atoms with E-state index in [0.717, 1.165) is 27.1 Å². The van der Waals surface area contributed by atoms with Crippen LogP contribution in [0.3, 0.4) is 0 Å². The lowest BCUT2D eigenvalue weighted by Crippen LogP contribution is -2.17. The van der Waals surface area contributed by atoms with Crippen molar-refractivity contribution in [3.63, 3.8) is 0 Å². The van der Waals surface area contributed by atoms with Crippen LogP contribution in [-0.2, 0) is 13.1 Å². The number of rotatable bonds is 4. The summed E-state index contributed by atoms with van der Waals surface area (Å²) in [6, 6.07) is 10.5. The van der Waals surface area contributed by atoms with Crippen molar-refractivity contribution in [1.82, 2.24) is 5.32 Å². The zero-order valence-corrected chi connectivity index (χ0v) is 13.0. The molecule has 0 unspecified atom stereocenters. The van der Waals surface area contributed by atoms with Gasteiger partial charge in [0.1, 0.15) is 19.0 Å². The van der Waals surface area contributed by atoms with E-state index in [9.17, 15) is 4.39 Å². The van der Waals surface area contributed by atoms with E-state index in [1.165, 1.54) is 12.1 Å². The molecular formula is C16H15BrFNO2. The lowest BCUT2D eigenvalue weighted by Gasteiger charge is -2.20. The third-order valence-electron chi connectivity index (χ3n) is 3.23. The summed E-state index contributed by atoms with van der Waals surface area (Å²) in [5.74, 6) is 1.33. The van der Waals surface area contributed by atoms with Crippen LogP contribution in [0.15, 0.2) is 40.9 Å². The molecule has 1 heterocycles. The molecule has 2 aromatic rings. The highest BCUT2D eigenvalue weighted by Crippen LogP contribution is 2.38. The van der Waals surface area contributed by atoms with Crippen molar-refractivity contribution in [3.8, 4) is 11.5 Å². The molecule has 0 bridgehead atoms. The Labute approximate surface area is 131 Å². The molecule has 5 heteroatoms. The molecule has 1 aliphatic heterocycles. The van der Waals surface area contributed by atoms with Gasteiger partial charge in [0.15, 0.2) is 11.5 Å². The van der Waals surface area contributed by atoms with Crippen LogP contribution in [0.4, 0.5) is 4.39 Å². The summed E-state index contributed by atoms with van der Waals surface area (Å²) in [6.45, 7) is 2.54. The molecular weight excluding hydrogens is 337 g/mol. The van der Waals surface area contributed by atoms with E-state index in [0.29, 0.717) is 26.3 Å². The fourth-order valence-electron chi connectivity index (χ4n) is 2.22. The fourth-order valence-corrected chi connectivity index (χ4v) is 2.82. The second-order valence-electron chi connectivity index (χ2n) is 4.83. The van der Waals surface area contributed by atoms with E-state index in [4.69, 9.17) is 9.47 Å². The minimum absolute atomic E-state index is 0.213. The average Bonchev–Trinajstić information content (AvgIpc) is 2.49. The van der Waals surface area contributed by atoms with Gasteiger partial charge in [-0.15, -0.1) is 0 Å². The van der Waals surface area contributed by atoms with E-state index >= 15 is 0 Å². The average molecular weight is 352 g/mol. The minimum atomic E-state index is -0.213. The van der Waals surface area contributed by atoms with Crippen molar-refractivity contribution in [2.75, 3.05) is 13.2 Å². The summed E-state index contributed by atoms with van der Waals surface area (Å²) in [5.41, 5.74) is 2.15. The van der Waals surface area contributed by atoms with Gasteiger partial charge < -0.3 is 14.8 Å². The Bertz CT molecular complexity index is 631. The Morgan fingerprint density at radius 1 is 1.00 bits per heavy atom. The number of ether oxygens (including phenoxy) is 2. The monoisotopic (exact) mass is 351 g/mol. The molecule has 21 heavy (non-hydrogen) atoms. The molecule has 0 amide bonds. The third kappa shape index (κ3) is 3.54. The van der Waals surface area contributed by atoms with Gasteiger partial charge in [-0.3, -0.25) is 0 Å². The normalized spacial score (nSPS) is 13.2. The van der Waals surface area contributed by atoms with Crippen LogP contribution in [0.5, 0.6) is 11.5 Å². The predicted octanol–water partition coefficient (Wildman–Crippen LogP) is 3.65. The SMILES string of the molecule is Fc1ccc(CNCc2cc(Br)c3c(c2)OCCO3)cc1. The van der Waals surface area contributed by atoms with E-state index < -0.39 is 0 Å². The van der Waals surface area contributed by atoms with Crippen molar-refractivity contribution in [2.24, 2.45) is 0 Å². The first-order chi connectivity index (χ1) is 10.2. The topological polar surface area (TPSA) is 30.5 Å². The van der Waals surface area contributed by atoms with Gasteiger partial charge in [-0.25, -0.2) is 4.39 Å². The highest BCUT2D eigenvalue weighted by atomic mass is 79.9. The number of halogens is 2. The number of nitrogens with one attached hydrogen (secondary N) is 1. The highest BCUT2D eigenvalue weighted by Gasteiger charge is 2.16. The van der Waals surface area contributed by atoms with Crippen LogP contribution >= 0.6 is 15.9 Å². The molecule has 0 atom stereocenters. The zero-order valence-electron chi connectivity index (χ0n) is 11.4. The maximum absolute atomic E-state index is 12.8. The molecule has 0 aromatic heterocycles. The second kappa shape index (κ2) is 6.45. The summed E-state index contributed by atoms with van der Waals surface area (Å²) in [4.78, 5) is 0. The maximum Gasteiger partial charge on any atom is 0.175 e. The van der Waals surface area contributed by atoms with Crippen LogP contribution < -0.4 is 14.8 Å². The standard InChI is InChI=1S/C16H15BrFNO2/c17-14-7-12(8-15-16(14)21-6-5-20-15)10-19-9-11-1-3-13(18)4-2-11/h1-4,7-8,19H,5-6,9-10H2. The first-order valence-electron chi connectivity index (χ1n) is 6.75. The first-order valence-corrected chi connectivity index (χ1v) is 7.55. The summed E-state index contributed by atoms with van der Waals surface area (Å²) >= 11 is 3.50. The maximum atomic E-state index is 12.8. The van der Waals surface area contributed by atoms with Crippen molar-refractivity contribution < 1.29 is 13.9 Å². The molecule has 0 spiro atoms. The molecule has 3 rings (SSSR count). The smallest absolute Gasteiger partial charge is 0.175 e. The van der Waals surface area contributed by atoms with Crippen molar-refractivity contribution in [2.45, 2.75) is 13.1 Å². The molecule has 0 radical (unpaired) electrons. The Morgan fingerprint density at radius 2 is 1.71 bits per heavy atom. The molecule has 3 nitrogen and oxygen atoms in total. The second-order valence-corrected chi connectivity index (χ2v) is 5.69. The molecule has 2 aromatic carbocycles. The van der Waals surface area contributed by atoms with E-state index in [-0.39, 0.29) is 5.82 Å². The zero-order chi connectivity index (χ0) is 14.7. The highest BCUT2D eigenvalue weighted by molar-refractivity contribution is 9.10. The summed E-state index contributed by atoms with van der Waals surface area (Å²) < 4.78 is 24.9. The number of hydrogen-bond acceptors (Lipinski definition) is 3. The van der Waals surface area contributed by atoms with Crippen LogP contribution in [0.1, 0.15) is 11.1 Å². The molecule has 0 saturated carbocycles. The minimum Gasteiger partial charge on any atom is -0.486 e. The summed E-state index contributed by atoms with van der Waals surface area (Å²) in [5, 5.41) is 3.33. The molecule has 0 aliphatic carbocycles. The largest absolute Gasteiger partial charge is 0.486 e. The van der Waals surface area contributed by atoms with Crippen LogP contribution in [0.2, 0.25) is 0 Å². The Morgan fingerprint density at radius 3 is 2.52 bits per heavy atom. The number of hydrogen-bond donors (Lipinski definition) is 1. The van der Waals surface area contributed by atoms with Crippen molar-refractivity contribution in [1.29, 1.82) is 0 Å². The quantitative estimate of drug-likeness (QED) is 0.911. The van der Waals surface area contributed by atoms with Gasteiger partial charge in [0.2, 0.25) is 0 Å². The van der Waals surface area contributed by atoms with Crippen LogP contribution in [0, 0.1) is 5.82 Å². The van der Waals surface area contributed by atoms with E-state index in [1.54, 1.807) is 12.1 Å². The van der Waals surface area contributed by atoms with Gasteiger partial charge in [-0.2, -0.15) is 0 Å². The molecule has 110 valence electrons. The van der Waals surface area contributed by atoms with E-state index in [2.05, 4.69) is 21.2 Å². The predicted molar refractivity (Wildman–Crippen MR) is 82.1 cm³/mol. The van der Waals surface area contributed by atoms with Crippen LogP contribution in [0.25, 0.3) is 0 Å². The number of benzene rings is 2. The first kappa shape index (κ1) is 14.4. The van der Waals surface area contributed by atoms with Gasteiger partial charge >= 0.3 is 0 Å². The number of fused-ring (bicyclic) bond motifs is 1. The summed E-state index contributed by atoms with van der Waals surface area (Å²) in [6.07, 6.45) is 0. The lowest BCUT2D eigenvalue weighted by atomic mass is 10.1. The van der Waals surface area contributed by atoms with Gasteiger partial charge in [-0.05, 0) is 51.3 Å². The van der Waals surface area contributed by atoms with Crippen molar-refractivity contribution >= 4 is 15.9 Å². The molecule has 0 saturated heterocycles. The van der Waals surface area contributed by atoms with Crippen molar-refractivity contribution in [3.05, 3.63) is 57.8 Å². The molecule has 1 N–H and O–H groups in total. The molecule has 0 fully saturated rings. The summed E-state index contributed by atoms with van der Waals surface area (Å²) in [7, 11) is 0.